The molecule has 0 bridgehead atoms. The molecule has 134 valence electrons. The van der Waals surface area contributed by atoms with Gasteiger partial charge in [0.1, 0.15) is 5.75 Å². The maximum Gasteiger partial charge on any atom is 0.225 e. The van der Waals surface area contributed by atoms with Crippen molar-refractivity contribution >= 4 is 11.8 Å². The molecule has 26 heavy (non-hydrogen) atoms. The zero-order chi connectivity index (χ0) is 17.9. The first-order valence-electron chi connectivity index (χ1n) is 9.04. The topological polar surface area (TPSA) is 58.6 Å². The lowest BCUT2D eigenvalue weighted by Crippen LogP contribution is -2.37. The van der Waals surface area contributed by atoms with Gasteiger partial charge < -0.3 is 15.0 Å². The fourth-order valence-electron chi connectivity index (χ4n) is 3.69. The van der Waals surface area contributed by atoms with Crippen LogP contribution in [-0.2, 0) is 16.1 Å². The van der Waals surface area contributed by atoms with Crippen molar-refractivity contribution in [3.63, 3.8) is 0 Å². The highest BCUT2D eigenvalue weighted by Gasteiger charge is 2.35. The Morgan fingerprint density at radius 3 is 2.73 bits per heavy atom. The molecule has 0 radical (unpaired) electrons. The largest absolute Gasteiger partial charge is 0.493 e. The molecule has 2 heterocycles. The van der Waals surface area contributed by atoms with E-state index in [-0.39, 0.29) is 30.2 Å². The van der Waals surface area contributed by atoms with Gasteiger partial charge in [-0.05, 0) is 11.6 Å². The Morgan fingerprint density at radius 2 is 1.88 bits per heavy atom. The van der Waals surface area contributed by atoms with Gasteiger partial charge in [-0.15, -0.1) is 0 Å². The summed E-state index contributed by atoms with van der Waals surface area (Å²) in [7, 11) is 0. The Balaban J connectivity index is 1.40. The Bertz CT molecular complexity index is 806. The van der Waals surface area contributed by atoms with E-state index in [2.05, 4.69) is 5.32 Å². The van der Waals surface area contributed by atoms with Crippen molar-refractivity contribution in [1.82, 2.24) is 10.2 Å². The van der Waals surface area contributed by atoms with Gasteiger partial charge in [0.2, 0.25) is 11.8 Å². The number of hydrogen-bond donors (Lipinski definition) is 1. The van der Waals surface area contributed by atoms with Crippen LogP contribution in [0, 0.1) is 5.92 Å². The first-order chi connectivity index (χ1) is 12.7. The van der Waals surface area contributed by atoms with E-state index in [0.29, 0.717) is 19.7 Å². The van der Waals surface area contributed by atoms with Crippen molar-refractivity contribution in [1.29, 1.82) is 0 Å². The van der Waals surface area contributed by atoms with E-state index in [1.54, 1.807) is 4.90 Å². The van der Waals surface area contributed by atoms with Crippen LogP contribution in [0.25, 0.3) is 0 Å². The molecule has 2 amide bonds. The zero-order valence-electron chi connectivity index (χ0n) is 14.6. The van der Waals surface area contributed by atoms with Gasteiger partial charge in [0.05, 0.1) is 18.6 Å². The maximum atomic E-state index is 12.7. The Hall–Kier alpha value is -2.82. The van der Waals surface area contributed by atoms with Gasteiger partial charge in [0.15, 0.2) is 0 Å². The number of nitrogens with one attached hydrogen (secondary N) is 1. The molecule has 0 saturated carbocycles. The van der Waals surface area contributed by atoms with Gasteiger partial charge in [0, 0.05) is 31.5 Å². The number of rotatable bonds is 4. The Kier molecular flexibility index (Phi) is 4.61. The average molecular weight is 350 g/mol. The molecule has 2 aromatic rings. The molecule has 5 nitrogen and oxygen atoms in total. The van der Waals surface area contributed by atoms with Gasteiger partial charge in [-0.1, -0.05) is 48.5 Å². The summed E-state index contributed by atoms with van der Waals surface area (Å²) < 4.78 is 5.65. The molecule has 0 unspecified atom stereocenters. The van der Waals surface area contributed by atoms with Gasteiger partial charge in [-0.3, -0.25) is 9.59 Å². The van der Waals surface area contributed by atoms with E-state index in [1.165, 1.54) is 0 Å². The second-order valence-corrected chi connectivity index (χ2v) is 6.90. The van der Waals surface area contributed by atoms with Crippen LogP contribution >= 0.6 is 0 Å². The predicted molar refractivity (Wildman–Crippen MR) is 97.4 cm³/mol. The molecule has 0 spiro atoms. The van der Waals surface area contributed by atoms with E-state index >= 15 is 0 Å². The van der Waals surface area contributed by atoms with Gasteiger partial charge >= 0.3 is 0 Å². The highest BCUT2D eigenvalue weighted by molar-refractivity contribution is 5.89. The molecule has 2 aliphatic rings. The summed E-state index contributed by atoms with van der Waals surface area (Å²) in [6.45, 7) is 1.62. The van der Waals surface area contributed by atoms with Crippen molar-refractivity contribution in [3.8, 4) is 5.75 Å². The van der Waals surface area contributed by atoms with Crippen LogP contribution in [0.5, 0.6) is 5.75 Å². The number of fused-ring (bicyclic) bond motifs is 1. The molecule has 0 aliphatic carbocycles. The number of likely N-dealkylation sites (tertiary alicyclic amines) is 1. The average Bonchev–Trinajstić information content (AvgIpc) is 3.03. The highest BCUT2D eigenvalue weighted by atomic mass is 16.5. The van der Waals surface area contributed by atoms with Crippen molar-refractivity contribution in [3.05, 3.63) is 65.7 Å². The van der Waals surface area contributed by atoms with E-state index in [4.69, 9.17) is 4.74 Å². The van der Waals surface area contributed by atoms with Crippen LogP contribution in [0.2, 0.25) is 0 Å². The third-order valence-electron chi connectivity index (χ3n) is 5.08. The van der Waals surface area contributed by atoms with E-state index in [1.807, 2.05) is 54.6 Å². The standard InChI is InChI=1S/C21H22N2O3/c24-20-12-16(14-23(20)13-15-6-2-1-3-7-15)21(25)22-18-10-11-26-19-9-5-4-8-17(18)19/h1-9,16,18H,10-14H2,(H,22,25)/t16-,18+/m1/s1. The smallest absolute Gasteiger partial charge is 0.225 e. The van der Waals surface area contributed by atoms with Crippen molar-refractivity contribution < 1.29 is 14.3 Å². The molecule has 5 heteroatoms. The van der Waals surface area contributed by atoms with Crippen LogP contribution < -0.4 is 10.1 Å². The van der Waals surface area contributed by atoms with Crippen LogP contribution in [0.1, 0.15) is 30.0 Å². The number of amides is 2. The zero-order valence-corrected chi connectivity index (χ0v) is 14.6. The van der Waals surface area contributed by atoms with E-state index < -0.39 is 0 Å². The lowest BCUT2D eigenvalue weighted by atomic mass is 9.99. The minimum Gasteiger partial charge on any atom is -0.493 e. The summed E-state index contributed by atoms with van der Waals surface area (Å²) in [4.78, 5) is 26.8. The minimum atomic E-state index is -0.291. The lowest BCUT2D eigenvalue weighted by molar-refractivity contribution is -0.129. The van der Waals surface area contributed by atoms with Crippen molar-refractivity contribution in [2.75, 3.05) is 13.2 Å². The predicted octanol–water partition coefficient (Wildman–Crippen LogP) is 2.68. The van der Waals surface area contributed by atoms with Gasteiger partial charge in [0.25, 0.3) is 0 Å². The SMILES string of the molecule is O=C(N[C@H]1CCOc2ccccc21)[C@@H]1CC(=O)N(Cc2ccccc2)C1. The quantitative estimate of drug-likeness (QED) is 0.922. The number of hydrogen-bond acceptors (Lipinski definition) is 3. The fourth-order valence-corrected chi connectivity index (χ4v) is 3.69. The number of ether oxygens (including phenoxy) is 1. The van der Waals surface area contributed by atoms with Crippen molar-refractivity contribution in [2.45, 2.75) is 25.4 Å². The van der Waals surface area contributed by atoms with Crippen LogP contribution in [0.3, 0.4) is 0 Å². The number of carbonyl (C=O) groups is 2. The lowest BCUT2D eigenvalue weighted by Gasteiger charge is -2.27. The summed E-state index contributed by atoms with van der Waals surface area (Å²) in [6.07, 6.45) is 1.03. The molecule has 1 N–H and O–H groups in total. The van der Waals surface area contributed by atoms with Crippen molar-refractivity contribution in [2.24, 2.45) is 5.92 Å². The molecular formula is C21H22N2O3. The third-order valence-corrected chi connectivity index (χ3v) is 5.08. The number of para-hydroxylation sites is 1. The molecule has 1 fully saturated rings. The summed E-state index contributed by atoms with van der Waals surface area (Å²) >= 11 is 0. The Morgan fingerprint density at radius 1 is 1.12 bits per heavy atom. The van der Waals surface area contributed by atoms with Crippen LogP contribution in [-0.4, -0.2) is 29.9 Å². The third kappa shape index (κ3) is 3.43. The fraction of sp³-hybridized carbons (Fsp3) is 0.333. The second kappa shape index (κ2) is 7.20. The molecule has 2 aromatic carbocycles. The highest BCUT2D eigenvalue weighted by Crippen LogP contribution is 2.32. The van der Waals surface area contributed by atoms with Crippen LogP contribution in [0.4, 0.5) is 0 Å². The normalized spacial score (nSPS) is 21.8. The number of nitrogens with zero attached hydrogens (tertiary/aromatic N) is 1. The molecule has 2 atom stereocenters. The van der Waals surface area contributed by atoms with E-state index in [9.17, 15) is 9.59 Å². The molecule has 1 saturated heterocycles. The first kappa shape index (κ1) is 16.6. The Labute approximate surface area is 153 Å². The summed E-state index contributed by atoms with van der Waals surface area (Å²) in [5.41, 5.74) is 2.10. The summed E-state index contributed by atoms with van der Waals surface area (Å²) in [5.74, 6) is 0.537. The van der Waals surface area contributed by atoms with Crippen LogP contribution in [0.15, 0.2) is 54.6 Å². The second-order valence-electron chi connectivity index (χ2n) is 6.90. The summed E-state index contributed by atoms with van der Waals surface area (Å²) in [5, 5.41) is 3.12. The molecule has 2 aliphatic heterocycles. The summed E-state index contributed by atoms with van der Waals surface area (Å²) in [6, 6.07) is 17.6. The monoisotopic (exact) mass is 350 g/mol. The van der Waals surface area contributed by atoms with Gasteiger partial charge in [-0.2, -0.15) is 0 Å². The molecule has 0 aromatic heterocycles. The number of carbonyl (C=O) groups excluding carboxylic acids is 2. The maximum absolute atomic E-state index is 12.7. The minimum absolute atomic E-state index is 0.0429. The molecular weight excluding hydrogens is 328 g/mol. The van der Waals surface area contributed by atoms with E-state index in [0.717, 1.165) is 23.3 Å². The first-order valence-corrected chi connectivity index (χ1v) is 9.04. The van der Waals surface area contributed by atoms with Gasteiger partial charge in [-0.25, -0.2) is 0 Å². The number of benzene rings is 2. The molecule has 4 rings (SSSR count).